The normalized spacial score (nSPS) is 18.5. The molecule has 64 valence electrons. The summed E-state index contributed by atoms with van der Waals surface area (Å²) >= 11 is 0. The Morgan fingerprint density at radius 2 is 2.09 bits per heavy atom. The van der Waals surface area contributed by atoms with Gasteiger partial charge in [-0.3, -0.25) is 4.79 Å². The van der Waals surface area contributed by atoms with Gasteiger partial charge in [-0.15, -0.1) is 0 Å². The van der Waals surface area contributed by atoms with Crippen LogP contribution in [0.4, 0.5) is 0 Å². The van der Waals surface area contributed by atoms with Gasteiger partial charge in [-0.1, -0.05) is 6.92 Å². The minimum absolute atomic E-state index is 0.0403. The van der Waals surface area contributed by atoms with Crippen LogP contribution in [-0.2, 0) is 14.3 Å². The van der Waals surface area contributed by atoms with Crippen molar-refractivity contribution < 1.29 is 14.3 Å². The fraction of sp³-hybridized carbons (Fsp3) is 0.750. The lowest BCUT2D eigenvalue weighted by Gasteiger charge is -2.26. The lowest BCUT2D eigenvalue weighted by atomic mass is 9.89. The second-order valence-electron chi connectivity index (χ2n) is 2.84. The van der Waals surface area contributed by atoms with Crippen molar-refractivity contribution >= 4 is 12.1 Å². The molecule has 0 aliphatic rings. The van der Waals surface area contributed by atoms with Crippen molar-refractivity contribution in [3.63, 3.8) is 0 Å². The number of hydrogen-bond donors (Lipinski definition) is 0. The van der Waals surface area contributed by atoms with Crippen LogP contribution in [0.1, 0.15) is 20.8 Å². The first-order valence-electron chi connectivity index (χ1n) is 3.50. The van der Waals surface area contributed by atoms with Crippen molar-refractivity contribution in [3.8, 4) is 0 Å². The van der Waals surface area contributed by atoms with E-state index in [9.17, 15) is 9.59 Å². The molecule has 0 rings (SSSR count). The van der Waals surface area contributed by atoms with Gasteiger partial charge in [0.05, 0.1) is 5.92 Å². The Morgan fingerprint density at radius 3 is 2.18 bits per heavy atom. The number of rotatable bonds is 4. The summed E-state index contributed by atoms with van der Waals surface area (Å²) in [6.07, 6.45) is 0.666. The van der Waals surface area contributed by atoms with E-state index in [4.69, 9.17) is 4.74 Å². The quantitative estimate of drug-likeness (QED) is 0.569. The maximum absolute atomic E-state index is 10.9. The van der Waals surface area contributed by atoms with Crippen LogP contribution in [0.15, 0.2) is 0 Å². The van der Waals surface area contributed by atoms with Crippen molar-refractivity contribution in [2.24, 2.45) is 5.92 Å². The predicted molar refractivity (Wildman–Crippen MR) is 41.3 cm³/mol. The van der Waals surface area contributed by atoms with Crippen LogP contribution >= 0.6 is 0 Å². The van der Waals surface area contributed by atoms with Gasteiger partial charge in [-0.05, 0) is 13.8 Å². The molecule has 0 aromatic rings. The summed E-state index contributed by atoms with van der Waals surface area (Å²) < 4.78 is 4.92. The largest absolute Gasteiger partial charge is 0.370 e. The van der Waals surface area contributed by atoms with Gasteiger partial charge in [0.25, 0.3) is 0 Å². The molecule has 2 unspecified atom stereocenters. The van der Waals surface area contributed by atoms with Gasteiger partial charge in [-0.25, -0.2) is 0 Å². The first kappa shape index (κ1) is 10.3. The van der Waals surface area contributed by atoms with Crippen LogP contribution in [0.3, 0.4) is 0 Å². The molecule has 0 aliphatic heterocycles. The lowest BCUT2D eigenvalue weighted by Crippen LogP contribution is -2.40. The number of aldehydes is 1. The summed E-state index contributed by atoms with van der Waals surface area (Å²) in [5.41, 5.74) is -0.966. The van der Waals surface area contributed by atoms with Gasteiger partial charge >= 0.3 is 0 Å². The molecule has 11 heavy (non-hydrogen) atoms. The molecule has 0 fully saturated rings. The minimum atomic E-state index is -0.966. The Morgan fingerprint density at radius 1 is 1.64 bits per heavy atom. The zero-order valence-electron chi connectivity index (χ0n) is 7.38. The average molecular weight is 158 g/mol. The van der Waals surface area contributed by atoms with Crippen LogP contribution in [0.2, 0.25) is 0 Å². The SMILES string of the molecule is COC(C)(C=O)C(C)C(C)=O. The first-order valence-corrected chi connectivity index (χ1v) is 3.50. The van der Waals surface area contributed by atoms with E-state index in [1.54, 1.807) is 13.8 Å². The minimum Gasteiger partial charge on any atom is -0.370 e. The van der Waals surface area contributed by atoms with Crippen molar-refractivity contribution in [2.75, 3.05) is 7.11 Å². The molecule has 0 saturated heterocycles. The molecule has 0 bridgehead atoms. The van der Waals surface area contributed by atoms with Gasteiger partial charge in [0.15, 0.2) is 6.29 Å². The number of ether oxygens (including phenoxy) is 1. The molecule has 0 N–H and O–H groups in total. The lowest BCUT2D eigenvalue weighted by molar-refractivity contribution is -0.141. The Labute approximate surface area is 66.7 Å². The predicted octanol–water partition coefficient (Wildman–Crippen LogP) is 0.815. The van der Waals surface area contributed by atoms with E-state index in [2.05, 4.69) is 0 Å². The molecule has 0 saturated carbocycles. The standard InChI is InChI=1S/C8H14O3/c1-6(7(2)10)8(3,5-9)11-4/h5-6H,1-4H3. The van der Waals surface area contributed by atoms with E-state index in [1.807, 2.05) is 0 Å². The van der Waals surface area contributed by atoms with Gasteiger partial charge in [0, 0.05) is 7.11 Å². The number of Topliss-reactive ketones (excluding diaryl/α,β-unsaturated/α-hetero) is 1. The molecule has 3 nitrogen and oxygen atoms in total. The summed E-state index contributed by atoms with van der Waals surface area (Å²) in [5.74, 6) is -0.425. The molecule has 0 amide bonds. The molecule has 0 heterocycles. The highest BCUT2D eigenvalue weighted by atomic mass is 16.5. The van der Waals surface area contributed by atoms with Gasteiger partial charge < -0.3 is 9.53 Å². The summed E-state index contributed by atoms with van der Waals surface area (Å²) in [5, 5.41) is 0. The highest BCUT2D eigenvalue weighted by molar-refractivity contribution is 5.83. The molecule has 0 aromatic carbocycles. The summed E-state index contributed by atoms with van der Waals surface area (Å²) in [6.45, 7) is 4.73. The Kier molecular flexibility index (Phi) is 3.39. The molecule has 0 aromatic heterocycles. The third kappa shape index (κ3) is 2.12. The van der Waals surface area contributed by atoms with Crippen LogP contribution in [0.25, 0.3) is 0 Å². The second-order valence-corrected chi connectivity index (χ2v) is 2.84. The Bertz CT molecular complexity index is 165. The van der Waals surface area contributed by atoms with E-state index in [-0.39, 0.29) is 11.7 Å². The first-order chi connectivity index (χ1) is 4.98. The van der Waals surface area contributed by atoms with Crippen LogP contribution in [0.5, 0.6) is 0 Å². The molecular weight excluding hydrogens is 144 g/mol. The highest BCUT2D eigenvalue weighted by Crippen LogP contribution is 2.18. The monoisotopic (exact) mass is 158 g/mol. The number of methoxy groups -OCH3 is 1. The average Bonchev–Trinajstić information content (AvgIpc) is 2.01. The van der Waals surface area contributed by atoms with E-state index in [1.165, 1.54) is 14.0 Å². The zero-order valence-corrected chi connectivity index (χ0v) is 7.38. The molecule has 0 spiro atoms. The van der Waals surface area contributed by atoms with Crippen molar-refractivity contribution in [1.82, 2.24) is 0 Å². The fourth-order valence-corrected chi connectivity index (χ4v) is 0.731. The topological polar surface area (TPSA) is 43.4 Å². The fourth-order valence-electron chi connectivity index (χ4n) is 0.731. The van der Waals surface area contributed by atoms with Gasteiger partial charge in [-0.2, -0.15) is 0 Å². The number of carbonyl (C=O) groups is 2. The summed E-state index contributed by atoms with van der Waals surface area (Å²) in [4.78, 5) is 21.4. The molecule has 2 atom stereocenters. The van der Waals surface area contributed by atoms with Crippen LogP contribution in [0, 0.1) is 5.92 Å². The Balaban J connectivity index is 4.49. The van der Waals surface area contributed by atoms with E-state index in [0.717, 1.165) is 0 Å². The number of hydrogen-bond acceptors (Lipinski definition) is 3. The van der Waals surface area contributed by atoms with Crippen molar-refractivity contribution in [3.05, 3.63) is 0 Å². The summed E-state index contributed by atoms with van der Waals surface area (Å²) in [7, 11) is 1.42. The molecule has 3 heteroatoms. The van der Waals surface area contributed by atoms with Crippen molar-refractivity contribution in [1.29, 1.82) is 0 Å². The molecule has 0 aliphatic carbocycles. The van der Waals surface area contributed by atoms with E-state index >= 15 is 0 Å². The van der Waals surface area contributed by atoms with Crippen molar-refractivity contribution in [2.45, 2.75) is 26.4 Å². The maximum atomic E-state index is 10.9. The van der Waals surface area contributed by atoms with Gasteiger partial charge in [0.2, 0.25) is 0 Å². The zero-order chi connectivity index (χ0) is 9.07. The molecular formula is C8H14O3. The van der Waals surface area contributed by atoms with E-state index in [0.29, 0.717) is 6.29 Å². The van der Waals surface area contributed by atoms with E-state index < -0.39 is 5.60 Å². The Hall–Kier alpha value is -0.700. The third-order valence-electron chi connectivity index (χ3n) is 2.14. The van der Waals surface area contributed by atoms with Gasteiger partial charge in [0.1, 0.15) is 11.4 Å². The second kappa shape index (κ2) is 3.62. The number of carbonyl (C=O) groups excluding carboxylic acids is 2. The number of ketones is 1. The third-order valence-corrected chi connectivity index (χ3v) is 2.14. The van der Waals surface area contributed by atoms with Crippen LogP contribution < -0.4 is 0 Å². The molecule has 0 radical (unpaired) electrons. The smallest absolute Gasteiger partial charge is 0.152 e. The maximum Gasteiger partial charge on any atom is 0.152 e. The van der Waals surface area contributed by atoms with Crippen LogP contribution in [-0.4, -0.2) is 24.8 Å². The highest BCUT2D eigenvalue weighted by Gasteiger charge is 2.33. The summed E-state index contributed by atoms with van der Waals surface area (Å²) in [6, 6.07) is 0.